The van der Waals surface area contributed by atoms with E-state index in [4.69, 9.17) is 27.9 Å². The Balaban J connectivity index is 2.31. The second-order valence-electron chi connectivity index (χ2n) is 4.19. The fourth-order valence-electron chi connectivity index (χ4n) is 1.90. The molecule has 20 heavy (non-hydrogen) atoms. The van der Waals surface area contributed by atoms with Gasteiger partial charge in [-0.3, -0.25) is 0 Å². The number of aromatic nitrogens is 3. The molecule has 0 fully saturated rings. The molecule has 0 spiro atoms. The quantitative estimate of drug-likeness (QED) is 0.769. The van der Waals surface area contributed by atoms with Crippen LogP contribution in [0.5, 0.6) is 0 Å². The Morgan fingerprint density at radius 1 is 1.30 bits per heavy atom. The van der Waals surface area contributed by atoms with E-state index in [0.717, 1.165) is 0 Å². The third-order valence-electron chi connectivity index (χ3n) is 2.94. The number of nitrogens with zero attached hydrogens (tertiary/aromatic N) is 3. The first kappa shape index (κ1) is 15.2. The predicted octanol–water partition coefficient (Wildman–Crippen LogP) is 3.05. The zero-order chi connectivity index (χ0) is 14.5. The number of ether oxygens (including phenoxy) is 1. The van der Waals surface area contributed by atoms with Gasteiger partial charge >= 0.3 is 0 Å². The smallest absolute Gasteiger partial charge is 0.148 e. The van der Waals surface area contributed by atoms with Gasteiger partial charge in [0, 0.05) is 30.7 Å². The van der Waals surface area contributed by atoms with Crippen molar-refractivity contribution in [2.75, 3.05) is 13.7 Å². The molecule has 2 aromatic rings. The summed E-state index contributed by atoms with van der Waals surface area (Å²) in [5, 5.41) is 8.44. The maximum absolute atomic E-state index is 13.8. The van der Waals surface area contributed by atoms with E-state index in [9.17, 15) is 4.39 Å². The molecular formula is C13H14Cl2FN3O. The fraction of sp³-hybridized carbons (Fsp3) is 0.385. The Hall–Kier alpha value is -1.17. The van der Waals surface area contributed by atoms with Crippen molar-refractivity contribution in [3.8, 4) is 0 Å². The first-order valence-corrected chi connectivity index (χ1v) is 6.97. The van der Waals surface area contributed by atoms with Gasteiger partial charge in [-0.05, 0) is 12.1 Å². The topological polar surface area (TPSA) is 39.9 Å². The van der Waals surface area contributed by atoms with Crippen LogP contribution >= 0.6 is 23.2 Å². The summed E-state index contributed by atoms with van der Waals surface area (Å²) >= 11 is 11.9. The van der Waals surface area contributed by atoms with Gasteiger partial charge in [0.1, 0.15) is 17.5 Å². The van der Waals surface area contributed by atoms with E-state index in [-0.39, 0.29) is 18.1 Å². The second-order valence-corrected chi connectivity index (χ2v) is 4.86. The van der Waals surface area contributed by atoms with Gasteiger partial charge in [-0.1, -0.05) is 17.7 Å². The van der Waals surface area contributed by atoms with Crippen molar-refractivity contribution >= 4 is 23.2 Å². The van der Waals surface area contributed by atoms with Crippen LogP contribution in [-0.4, -0.2) is 28.5 Å². The Morgan fingerprint density at radius 3 is 2.70 bits per heavy atom. The highest BCUT2D eigenvalue weighted by molar-refractivity contribution is 6.31. The normalized spacial score (nSPS) is 11.0. The first-order valence-electron chi connectivity index (χ1n) is 6.06. The van der Waals surface area contributed by atoms with Crippen molar-refractivity contribution in [3.05, 3.63) is 46.3 Å². The molecule has 0 N–H and O–H groups in total. The number of halogens is 3. The van der Waals surface area contributed by atoms with E-state index in [1.54, 1.807) is 19.2 Å². The summed E-state index contributed by atoms with van der Waals surface area (Å²) in [5.74, 6) is 1.13. The van der Waals surface area contributed by atoms with Crippen molar-refractivity contribution in [1.29, 1.82) is 0 Å². The summed E-state index contributed by atoms with van der Waals surface area (Å²) in [6.07, 6.45) is 0.263. The molecular weight excluding hydrogens is 304 g/mol. The van der Waals surface area contributed by atoms with Gasteiger partial charge in [0.25, 0.3) is 0 Å². The minimum absolute atomic E-state index is 0.238. The number of alkyl halides is 1. The van der Waals surface area contributed by atoms with Crippen LogP contribution in [0.15, 0.2) is 18.2 Å². The van der Waals surface area contributed by atoms with Gasteiger partial charge in [-0.15, -0.1) is 21.8 Å². The van der Waals surface area contributed by atoms with Crippen molar-refractivity contribution in [2.24, 2.45) is 0 Å². The Labute approximate surface area is 126 Å². The lowest BCUT2D eigenvalue weighted by Crippen LogP contribution is -2.12. The van der Waals surface area contributed by atoms with E-state index in [1.807, 2.05) is 4.57 Å². The zero-order valence-corrected chi connectivity index (χ0v) is 12.5. The molecule has 0 aliphatic heterocycles. The molecule has 7 heteroatoms. The van der Waals surface area contributed by atoms with Gasteiger partial charge in [-0.25, -0.2) is 4.39 Å². The molecule has 0 saturated carbocycles. The second kappa shape index (κ2) is 7.02. The van der Waals surface area contributed by atoms with E-state index >= 15 is 0 Å². The summed E-state index contributed by atoms with van der Waals surface area (Å²) in [6, 6.07) is 4.60. The molecule has 1 aromatic carbocycles. The molecule has 0 atom stereocenters. The highest BCUT2D eigenvalue weighted by Gasteiger charge is 2.15. The number of benzene rings is 1. The highest BCUT2D eigenvalue weighted by Crippen LogP contribution is 2.22. The minimum Gasteiger partial charge on any atom is -0.383 e. The van der Waals surface area contributed by atoms with Crippen LogP contribution < -0.4 is 0 Å². The molecule has 0 saturated heterocycles. The first-order chi connectivity index (χ1) is 9.67. The Morgan fingerprint density at radius 2 is 2.05 bits per heavy atom. The van der Waals surface area contributed by atoms with Gasteiger partial charge in [0.15, 0.2) is 0 Å². The van der Waals surface area contributed by atoms with Crippen LogP contribution in [0.4, 0.5) is 4.39 Å². The van der Waals surface area contributed by atoms with Crippen molar-refractivity contribution in [2.45, 2.75) is 18.8 Å². The number of hydrogen-bond donors (Lipinski definition) is 0. The summed E-state index contributed by atoms with van der Waals surface area (Å²) in [6.45, 7) is 1.06. The highest BCUT2D eigenvalue weighted by atomic mass is 35.5. The SMILES string of the molecule is COCCn1c(CCl)nnc1Cc1c(F)cccc1Cl. The minimum atomic E-state index is -0.355. The van der Waals surface area contributed by atoms with E-state index in [1.165, 1.54) is 6.07 Å². The molecule has 2 rings (SSSR count). The molecule has 0 bridgehead atoms. The van der Waals surface area contributed by atoms with Gasteiger partial charge in [0.2, 0.25) is 0 Å². The number of hydrogen-bond acceptors (Lipinski definition) is 3. The van der Waals surface area contributed by atoms with Crippen molar-refractivity contribution < 1.29 is 9.13 Å². The third kappa shape index (κ3) is 3.29. The Bertz CT molecular complexity index is 569. The molecule has 108 valence electrons. The van der Waals surface area contributed by atoms with Gasteiger partial charge < -0.3 is 9.30 Å². The van der Waals surface area contributed by atoms with Crippen LogP contribution in [0.1, 0.15) is 17.2 Å². The monoisotopic (exact) mass is 317 g/mol. The summed E-state index contributed by atoms with van der Waals surface area (Å²) in [4.78, 5) is 0. The summed E-state index contributed by atoms with van der Waals surface area (Å²) in [7, 11) is 1.61. The van der Waals surface area contributed by atoms with Gasteiger partial charge in [-0.2, -0.15) is 0 Å². The molecule has 4 nitrogen and oxygen atoms in total. The van der Waals surface area contributed by atoms with E-state index in [0.29, 0.717) is 35.4 Å². The molecule has 0 aliphatic rings. The Kier molecular flexibility index (Phi) is 5.34. The standard InChI is InChI=1S/C13H14Cl2FN3O/c1-20-6-5-19-12(17-18-13(19)8-14)7-9-10(15)3-2-4-11(9)16/h2-4H,5-8H2,1H3. The van der Waals surface area contributed by atoms with Crippen LogP contribution in [-0.2, 0) is 23.6 Å². The fourth-order valence-corrected chi connectivity index (χ4v) is 2.33. The molecule has 1 heterocycles. The predicted molar refractivity (Wildman–Crippen MR) is 75.7 cm³/mol. The lowest BCUT2D eigenvalue weighted by Gasteiger charge is -2.10. The molecule has 0 amide bonds. The maximum atomic E-state index is 13.8. The third-order valence-corrected chi connectivity index (χ3v) is 3.53. The zero-order valence-electron chi connectivity index (χ0n) is 10.9. The number of rotatable bonds is 6. The van der Waals surface area contributed by atoms with Crippen LogP contribution in [0.2, 0.25) is 5.02 Å². The average Bonchev–Trinajstić information content (AvgIpc) is 2.82. The molecule has 0 radical (unpaired) electrons. The molecule has 0 aliphatic carbocycles. The molecule has 0 unspecified atom stereocenters. The van der Waals surface area contributed by atoms with Crippen LogP contribution in [0.3, 0.4) is 0 Å². The average molecular weight is 318 g/mol. The van der Waals surface area contributed by atoms with Crippen LogP contribution in [0, 0.1) is 5.82 Å². The van der Waals surface area contributed by atoms with Crippen LogP contribution in [0.25, 0.3) is 0 Å². The lowest BCUT2D eigenvalue weighted by atomic mass is 10.1. The van der Waals surface area contributed by atoms with Gasteiger partial charge in [0.05, 0.1) is 12.5 Å². The lowest BCUT2D eigenvalue weighted by molar-refractivity contribution is 0.185. The summed E-state index contributed by atoms with van der Waals surface area (Å²) < 4.78 is 20.7. The van der Waals surface area contributed by atoms with E-state index < -0.39 is 0 Å². The maximum Gasteiger partial charge on any atom is 0.148 e. The van der Waals surface area contributed by atoms with E-state index in [2.05, 4.69) is 10.2 Å². The largest absolute Gasteiger partial charge is 0.383 e. The van der Waals surface area contributed by atoms with Crippen molar-refractivity contribution in [3.63, 3.8) is 0 Å². The summed E-state index contributed by atoms with van der Waals surface area (Å²) in [5.41, 5.74) is 0.404. The molecule has 1 aromatic heterocycles. The van der Waals surface area contributed by atoms with Crippen molar-refractivity contribution in [1.82, 2.24) is 14.8 Å². The number of methoxy groups -OCH3 is 1.